The molecule has 2 rings (SSSR count). The van der Waals surface area contributed by atoms with E-state index in [0.717, 1.165) is 0 Å². The summed E-state index contributed by atoms with van der Waals surface area (Å²) in [6.45, 7) is -0.208. The van der Waals surface area contributed by atoms with Crippen LogP contribution in [0.4, 0.5) is 0 Å². The molecule has 0 unspecified atom stereocenters. The van der Waals surface area contributed by atoms with E-state index >= 15 is 0 Å². The number of benzene rings is 2. The molecule has 0 saturated carbocycles. The van der Waals surface area contributed by atoms with Gasteiger partial charge in [-0.05, 0) is 30.3 Å². The molecular weight excluding hydrogens is 342 g/mol. The molecule has 0 saturated heterocycles. The Morgan fingerprint density at radius 1 is 0.900 bits per heavy atom. The highest BCUT2D eigenvalue weighted by molar-refractivity contribution is 6.36. The quantitative estimate of drug-likeness (QED) is 0.675. The lowest BCUT2D eigenvalue weighted by Crippen LogP contribution is -2.12. The molecule has 0 amide bonds. The van der Waals surface area contributed by atoms with Gasteiger partial charge in [0, 0.05) is 21.7 Å². The molecule has 0 aromatic heterocycles. The average molecular weight is 350 g/mol. The molecule has 0 bridgehead atoms. The van der Waals surface area contributed by atoms with Crippen LogP contribution in [0.3, 0.4) is 0 Å². The molecule has 20 heavy (non-hydrogen) atoms. The lowest BCUT2D eigenvalue weighted by Gasteiger charge is -2.09. The smallest absolute Gasteiger partial charge is 0.201 e. The van der Waals surface area contributed by atoms with Crippen LogP contribution in [0.5, 0.6) is 5.75 Å². The van der Waals surface area contributed by atoms with Gasteiger partial charge in [-0.2, -0.15) is 0 Å². The molecular formula is C14H8Cl4O2. The molecule has 0 atom stereocenters. The van der Waals surface area contributed by atoms with Crippen molar-refractivity contribution in [1.82, 2.24) is 0 Å². The maximum Gasteiger partial charge on any atom is 0.201 e. The third kappa shape index (κ3) is 3.80. The van der Waals surface area contributed by atoms with Crippen LogP contribution in [0, 0.1) is 0 Å². The number of ether oxygens (including phenoxy) is 1. The Morgan fingerprint density at radius 2 is 1.50 bits per heavy atom. The van der Waals surface area contributed by atoms with Crippen LogP contribution < -0.4 is 4.74 Å². The first-order valence-corrected chi connectivity index (χ1v) is 7.04. The lowest BCUT2D eigenvalue weighted by atomic mass is 10.1. The maximum atomic E-state index is 12.0. The summed E-state index contributed by atoms with van der Waals surface area (Å²) in [6.07, 6.45) is 0. The largest absolute Gasteiger partial charge is 0.484 e. The number of hydrogen-bond acceptors (Lipinski definition) is 2. The van der Waals surface area contributed by atoms with E-state index in [1.807, 2.05) is 0 Å². The first-order chi connectivity index (χ1) is 9.47. The zero-order chi connectivity index (χ0) is 14.7. The minimum atomic E-state index is -0.298. The minimum absolute atomic E-state index is 0.208. The fraction of sp³-hybridized carbons (Fsp3) is 0.0714. The summed E-state index contributed by atoms with van der Waals surface area (Å²) in [5, 5.41) is 1.59. The van der Waals surface area contributed by atoms with Crippen LogP contribution in [0.25, 0.3) is 0 Å². The molecule has 0 spiro atoms. The maximum absolute atomic E-state index is 12.0. The highest BCUT2D eigenvalue weighted by atomic mass is 35.5. The molecule has 0 aliphatic heterocycles. The number of carbonyl (C=O) groups is 1. The normalized spacial score (nSPS) is 10.4. The van der Waals surface area contributed by atoms with Gasteiger partial charge in [-0.15, -0.1) is 0 Å². The second-order valence-electron chi connectivity index (χ2n) is 3.91. The lowest BCUT2D eigenvalue weighted by molar-refractivity contribution is 0.0922. The first-order valence-electron chi connectivity index (χ1n) is 5.53. The van der Waals surface area contributed by atoms with Gasteiger partial charge in [-0.3, -0.25) is 4.79 Å². The van der Waals surface area contributed by atoms with Gasteiger partial charge in [0.15, 0.2) is 6.61 Å². The fourth-order valence-corrected chi connectivity index (χ4v) is 2.25. The van der Waals surface area contributed by atoms with Crippen LogP contribution in [0.1, 0.15) is 10.4 Å². The van der Waals surface area contributed by atoms with E-state index in [0.29, 0.717) is 31.4 Å². The summed E-state index contributed by atoms with van der Waals surface area (Å²) in [5.74, 6) is 0.0409. The Balaban J connectivity index is 2.12. The van der Waals surface area contributed by atoms with E-state index in [1.165, 1.54) is 12.1 Å². The fourth-order valence-electron chi connectivity index (χ4n) is 1.52. The van der Waals surface area contributed by atoms with Gasteiger partial charge in [-0.25, -0.2) is 0 Å². The Kier molecular flexibility index (Phi) is 5.17. The van der Waals surface area contributed by atoms with Crippen molar-refractivity contribution < 1.29 is 9.53 Å². The number of carbonyl (C=O) groups excluding carboxylic acids is 1. The summed E-state index contributed by atoms with van der Waals surface area (Å²) < 4.78 is 5.36. The van der Waals surface area contributed by atoms with Gasteiger partial charge in [0.2, 0.25) is 5.78 Å². The number of halogens is 4. The van der Waals surface area contributed by atoms with Crippen molar-refractivity contribution in [1.29, 1.82) is 0 Å². The van der Waals surface area contributed by atoms with Crippen molar-refractivity contribution >= 4 is 52.2 Å². The SMILES string of the molecule is O=C(COc1cc(Cl)ccc1Cl)c1cc(Cl)ccc1Cl. The van der Waals surface area contributed by atoms with E-state index < -0.39 is 0 Å². The highest BCUT2D eigenvalue weighted by Crippen LogP contribution is 2.28. The Morgan fingerprint density at radius 3 is 2.20 bits per heavy atom. The van der Waals surface area contributed by atoms with Crippen molar-refractivity contribution in [3.05, 3.63) is 62.1 Å². The average Bonchev–Trinajstić information content (AvgIpc) is 2.42. The van der Waals surface area contributed by atoms with E-state index in [4.69, 9.17) is 51.1 Å². The first kappa shape index (κ1) is 15.5. The van der Waals surface area contributed by atoms with Gasteiger partial charge in [0.1, 0.15) is 5.75 Å². The van der Waals surface area contributed by atoms with Crippen LogP contribution >= 0.6 is 46.4 Å². The van der Waals surface area contributed by atoms with E-state index in [9.17, 15) is 4.79 Å². The summed E-state index contributed by atoms with van der Waals surface area (Å²) >= 11 is 23.6. The Labute approximate surface area is 136 Å². The predicted octanol–water partition coefficient (Wildman–Crippen LogP) is 5.56. The standard InChI is InChI=1S/C14H8Cl4O2/c15-8-1-3-11(17)10(5-8)13(19)7-20-14-6-9(16)2-4-12(14)18/h1-6H,7H2. The topological polar surface area (TPSA) is 26.3 Å². The van der Waals surface area contributed by atoms with Crippen molar-refractivity contribution in [2.75, 3.05) is 6.61 Å². The predicted molar refractivity (Wildman–Crippen MR) is 82.7 cm³/mol. The van der Waals surface area contributed by atoms with Crippen LogP contribution in [0.2, 0.25) is 20.1 Å². The third-order valence-electron chi connectivity index (χ3n) is 2.48. The zero-order valence-electron chi connectivity index (χ0n) is 10.00. The summed E-state index contributed by atoms with van der Waals surface area (Å²) in [4.78, 5) is 12.0. The molecule has 104 valence electrons. The monoisotopic (exact) mass is 348 g/mol. The van der Waals surface area contributed by atoms with Crippen LogP contribution in [0.15, 0.2) is 36.4 Å². The van der Waals surface area contributed by atoms with Gasteiger partial charge < -0.3 is 4.74 Å². The molecule has 0 fully saturated rings. The molecule has 2 nitrogen and oxygen atoms in total. The van der Waals surface area contributed by atoms with Gasteiger partial charge in [0.25, 0.3) is 0 Å². The van der Waals surface area contributed by atoms with Crippen molar-refractivity contribution in [3.8, 4) is 5.75 Å². The summed E-state index contributed by atoms with van der Waals surface area (Å²) in [5.41, 5.74) is 0.303. The second-order valence-corrected chi connectivity index (χ2v) is 5.60. The summed E-state index contributed by atoms with van der Waals surface area (Å²) in [6, 6.07) is 9.42. The van der Waals surface area contributed by atoms with E-state index in [-0.39, 0.29) is 12.4 Å². The molecule has 0 N–H and O–H groups in total. The van der Waals surface area contributed by atoms with E-state index in [1.54, 1.807) is 24.3 Å². The number of hydrogen-bond donors (Lipinski definition) is 0. The van der Waals surface area contributed by atoms with Gasteiger partial charge in [-0.1, -0.05) is 46.4 Å². The Bertz CT molecular complexity index is 656. The molecule has 0 aliphatic rings. The van der Waals surface area contributed by atoms with E-state index in [2.05, 4.69) is 0 Å². The molecule has 2 aromatic rings. The summed E-state index contributed by atoms with van der Waals surface area (Å²) in [7, 11) is 0. The molecule has 0 aliphatic carbocycles. The number of rotatable bonds is 4. The molecule has 2 aromatic carbocycles. The van der Waals surface area contributed by atoms with Crippen LogP contribution in [-0.4, -0.2) is 12.4 Å². The minimum Gasteiger partial charge on any atom is -0.484 e. The van der Waals surface area contributed by atoms with Crippen molar-refractivity contribution in [2.45, 2.75) is 0 Å². The molecule has 6 heteroatoms. The number of ketones is 1. The van der Waals surface area contributed by atoms with Crippen molar-refractivity contribution in [2.24, 2.45) is 0 Å². The van der Waals surface area contributed by atoms with Gasteiger partial charge in [0.05, 0.1) is 10.0 Å². The third-order valence-corrected chi connectivity index (χ3v) is 3.59. The second kappa shape index (κ2) is 6.68. The van der Waals surface area contributed by atoms with Gasteiger partial charge >= 0.3 is 0 Å². The molecule has 0 heterocycles. The number of Topliss-reactive ketones (excluding diaryl/α,β-unsaturated/α-hetero) is 1. The Hall–Kier alpha value is -0.930. The van der Waals surface area contributed by atoms with Crippen LogP contribution in [-0.2, 0) is 0 Å². The highest BCUT2D eigenvalue weighted by Gasteiger charge is 2.13. The van der Waals surface area contributed by atoms with Crippen molar-refractivity contribution in [3.63, 3.8) is 0 Å². The zero-order valence-corrected chi connectivity index (χ0v) is 13.0. The molecule has 0 radical (unpaired) electrons.